The molecule has 0 unspecified atom stereocenters. The van der Waals surface area contributed by atoms with E-state index in [0.717, 1.165) is 22.1 Å². The summed E-state index contributed by atoms with van der Waals surface area (Å²) in [6.45, 7) is 2.43. The summed E-state index contributed by atoms with van der Waals surface area (Å²) in [5.74, 6) is 1.05. The van der Waals surface area contributed by atoms with Gasteiger partial charge >= 0.3 is 0 Å². The van der Waals surface area contributed by atoms with Gasteiger partial charge in [-0.25, -0.2) is 5.43 Å². The van der Waals surface area contributed by atoms with Crippen LogP contribution in [0, 0.1) is 0 Å². The average Bonchev–Trinajstić information content (AvgIpc) is 3.27. The lowest BCUT2D eigenvalue weighted by molar-refractivity contribution is -0.120. The summed E-state index contributed by atoms with van der Waals surface area (Å²) in [5, 5.41) is 8.49. The molecule has 31 heavy (non-hydrogen) atoms. The lowest BCUT2D eigenvalue weighted by Crippen LogP contribution is -2.34. The topological polar surface area (TPSA) is 98.2 Å². The minimum absolute atomic E-state index is 0.129. The van der Waals surface area contributed by atoms with Crippen LogP contribution >= 0.6 is 0 Å². The van der Waals surface area contributed by atoms with Gasteiger partial charge in [-0.05, 0) is 42.6 Å². The summed E-state index contributed by atoms with van der Waals surface area (Å²) >= 11 is 0. The highest BCUT2D eigenvalue weighted by atomic mass is 16.7. The number of nitrogens with zero attached hydrogens (tertiary/aromatic N) is 1. The Morgan fingerprint density at radius 2 is 1.87 bits per heavy atom. The monoisotopic (exact) mass is 419 g/mol. The molecule has 8 heteroatoms. The van der Waals surface area contributed by atoms with E-state index in [9.17, 15) is 9.59 Å². The third-order valence-electron chi connectivity index (χ3n) is 4.65. The minimum atomic E-state index is -0.444. The number of amides is 2. The van der Waals surface area contributed by atoms with Gasteiger partial charge < -0.3 is 19.5 Å². The standard InChI is InChI=1S/C23H21N3O5/c1-2-29-19-9-8-16(17-5-3-4-6-18(17)19)12-25-26-22(27)13-24-23(28)15-7-10-20-21(11-15)31-14-30-20/h3-12H,2,13-14H2,1H3,(H,24,28)(H,26,27)/b25-12+. The Morgan fingerprint density at radius 3 is 2.71 bits per heavy atom. The Balaban J connectivity index is 1.35. The van der Waals surface area contributed by atoms with Gasteiger partial charge in [-0.2, -0.15) is 5.10 Å². The van der Waals surface area contributed by atoms with Crippen LogP contribution in [0.3, 0.4) is 0 Å². The van der Waals surface area contributed by atoms with Gasteiger partial charge in [-0.15, -0.1) is 0 Å². The summed E-state index contributed by atoms with van der Waals surface area (Å²) in [4.78, 5) is 24.3. The highest BCUT2D eigenvalue weighted by molar-refractivity contribution is 6.02. The van der Waals surface area contributed by atoms with E-state index in [-0.39, 0.29) is 13.3 Å². The van der Waals surface area contributed by atoms with Gasteiger partial charge in [0.25, 0.3) is 11.8 Å². The molecule has 0 bridgehead atoms. The van der Waals surface area contributed by atoms with E-state index in [0.29, 0.717) is 23.7 Å². The number of hydrogen-bond acceptors (Lipinski definition) is 6. The number of rotatable bonds is 7. The molecule has 0 aromatic heterocycles. The highest BCUT2D eigenvalue weighted by Crippen LogP contribution is 2.32. The first-order chi connectivity index (χ1) is 15.2. The number of fused-ring (bicyclic) bond motifs is 2. The molecule has 3 aromatic rings. The second-order valence-electron chi connectivity index (χ2n) is 6.68. The first kappa shape index (κ1) is 20.2. The van der Waals surface area contributed by atoms with Crippen molar-refractivity contribution in [1.82, 2.24) is 10.7 Å². The van der Waals surface area contributed by atoms with Crippen LogP contribution in [0.15, 0.2) is 59.7 Å². The van der Waals surface area contributed by atoms with Crippen molar-refractivity contribution < 1.29 is 23.8 Å². The van der Waals surface area contributed by atoms with E-state index < -0.39 is 11.8 Å². The first-order valence-corrected chi connectivity index (χ1v) is 9.80. The zero-order valence-electron chi connectivity index (χ0n) is 16.9. The molecular formula is C23H21N3O5. The zero-order chi connectivity index (χ0) is 21.6. The molecule has 3 aromatic carbocycles. The summed E-state index contributed by atoms with van der Waals surface area (Å²) in [6, 6.07) is 16.4. The molecule has 0 atom stereocenters. The maximum atomic E-state index is 12.2. The number of ether oxygens (including phenoxy) is 3. The molecule has 1 heterocycles. The number of carbonyl (C=O) groups excluding carboxylic acids is 2. The fraction of sp³-hybridized carbons (Fsp3) is 0.174. The Labute approximate surface area is 178 Å². The fourth-order valence-corrected chi connectivity index (χ4v) is 3.20. The lowest BCUT2D eigenvalue weighted by Gasteiger charge is -2.09. The van der Waals surface area contributed by atoms with Gasteiger partial charge in [0.2, 0.25) is 6.79 Å². The largest absolute Gasteiger partial charge is 0.493 e. The van der Waals surface area contributed by atoms with E-state index in [1.165, 1.54) is 0 Å². The Hall–Kier alpha value is -4.07. The lowest BCUT2D eigenvalue weighted by atomic mass is 10.0. The second kappa shape index (κ2) is 9.17. The third-order valence-corrected chi connectivity index (χ3v) is 4.65. The fourth-order valence-electron chi connectivity index (χ4n) is 3.20. The van der Waals surface area contributed by atoms with Crippen molar-refractivity contribution in [1.29, 1.82) is 0 Å². The molecule has 8 nitrogen and oxygen atoms in total. The Kier molecular flexibility index (Phi) is 5.98. The molecule has 0 aliphatic carbocycles. The molecular weight excluding hydrogens is 398 g/mol. The molecule has 4 rings (SSSR count). The van der Waals surface area contributed by atoms with Crippen molar-refractivity contribution in [3.05, 3.63) is 65.7 Å². The number of benzene rings is 3. The van der Waals surface area contributed by atoms with Crippen LogP contribution in [-0.2, 0) is 4.79 Å². The molecule has 1 aliphatic heterocycles. The van der Waals surface area contributed by atoms with Crippen LogP contribution in [0.2, 0.25) is 0 Å². The van der Waals surface area contributed by atoms with Gasteiger partial charge in [0.15, 0.2) is 11.5 Å². The maximum absolute atomic E-state index is 12.2. The van der Waals surface area contributed by atoms with E-state index in [4.69, 9.17) is 14.2 Å². The Bertz CT molecular complexity index is 1160. The van der Waals surface area contributed by atoms with Crippen molar-refractivity contribution in [2.75, 3.05) is 19.9 Å². The Morgan fingerprint density at radius 1 is 1.06 bits per heavy atom. The summed E-state index contributed by atoms with van der Waals surface area (Å²) < 4.78 is 16.1. The summed E-state index contributed by atoms with van der Waals surface area (Å²) in [5.41, 5.74) is 3.64. The SMILES string of the molecule is CCOc1ccc(/C=N/NC(=O)CNC(=O)c2ccc3c(c2)OCO3)c2ccccc12. The smallest absolute Gasteiger partial charge is 0.259 e. The van der Waals surface area contributed by atoms with E-state index in [1.807, 2.05) is 43.3 Å². The molecule has 2 N–H and O–H groups in total. The van der Waals surface area contributed by atoms with Crippen LogP contribution in [-0.4, -0.2) is 38.0 Å². The van der Waals surface area contributed by atoms with E-state index in [2.05, 4.69) is 15.8 Å². The maximum Gasteiger partial charge on any atom is 0.259 e. The third kappa shape index (κ3) is 4.58. The van der Waals surface area contributed by atoms with Gasteiger partial charge in [0, 0.05) is 16.5 Å². The second-order valence-corrected chi connectivity index (χ2v) is 6.68. The molecule has 0 spiro atoms. The average molecular weight is 419 g/mol. The van der Waals surface area contributed by atoms with Gasteiger partial charge in [-0.3, -0.25) is 9.59 Å². The minimum Gasteiger partial charge on any atom is -0.493 e. The van der Waals surface area contributed by atoms with E-state index in [1.54, 1.807) is 24.4 Å². The van der Waals surface area contributed by atoms with Gasteiger partial charge in [0.1, 0.15) is 5.75 Å². The van der Waals surface area contributed by atoms with Gasteiger partial charge in [0.05, 0.1) is 19.4 Å². The van der Waals surface area contributed by atoms with Crippen LogP contribution in [0.4, 0.5) is 0 Å². The van der Waals surface area contributed by atoms with Crippen LogP contribution < -0.4 is 25.0 Å². The molecule has 0 saturated carbocycles. The number of nitrogens with one attached hydrogen (secondary N) is 2. The summed E-state index contributed by atoms with van der Waals surface area (Å²) in [7, 11) is 0. The van der Waals surface area contributed by atoms with Crippen molar-refractivity contribution in [2.45, 2.75) is 6.92 Å². The normalized spacial score (nSPS) is 12.2. The quantitative estimate of drug-likeness (QED) is 0.453. The van der Waals surface area contributed by atoms with E-state index >= 15 is 0 Å². The summed E-state index contributed by atoms with van der Waals surface area (Å²) in [6.07, 6.45) is 1.57. The van der Waals surface area contributed by atoms with Gasteiger partial charge in [-0.1, -0.05) is 24.3 Å². The highest BCUT2D eigenvalue weighted by Gasteiger charge is 2.16. The zero-order valence-corrected chi connectivity index (χ0v) is 16.9. The van der Waals surface area contributed by atoms with Crippen LogP contribution in [0.1, 0.15) is 22.8 Å². The molecule has 158 valence electrons. The van der Waals surface area contributed by atoms with Crippen molar-refractivity contribution in [2.24, 2.45) is 5.10 Å². The van der Waals surface area contributed by atoms with Crippen molar-refractivity contribution >= 4 is 28.8 Å². The molecule has 0 saturated heterocycles. The van der Waals surface area contributed by atoms with Crippen LogP contribution in [0.5, 0.6) is 17.2 Å². The molecule has 0 radical (unpaired) electrons. The number of hydrazone groups is 1. The number of hydrogen-bond donors (Lipinski definition) is 2. The molecule has 2 amide bonds. The molecule has 0 fully saturated rings. The predicted molar refractivity (Wildman–Crippen MR) is 116 cm³/mol. The van der Waals surface area contributed by atoms with Crippen LogP contribution in [0.25, 0.3) is 10.8 Å². The predicted octanol–water partition coefficient (Wildman–Crippen LogP) is 2.85. The first-order valence-electron chi connectivity index (χ1n) is 9.80. The molecule has 1 aliphatic rings. The van der Waals surface area contributed by atoms with Crippen molar-refractivity contribution in [3.63, 3.8) is 0 Å². The van der Waals surface area contributed by atoms with Crippen molar-refractivity contribution in [3.8, 4) is 17.2 Å². The number of carbonyl (C=O) groups is 2.